The van der Waals surface area contributed by atoms with Gasteiger partial charge in [-0.2, -0.15) is 0 Å². The first-order valence-corrected chi connectivity index (χ1v) is 3.43. The van der Waals surface area contributed by atoms with Crippen LogP contribution in [0.15, 0.2) is 6.20 Å². The van der Waals surface area contributed by atoms with Gasteiger partial charge in [-0.05, 0) is 11.8 Å². The van der Waals surface area contributed by atoms with E-state index < -0.39 is 0 Å². The van der Waals surface area contributed by atoms with Crippen LogP contribution in [0, 0.1) is 5.41 Å². The van der Waals surface area contributed by atoms with E-state index in [0.717, 1.165) is 12.1 Å². The summed E-state index contributed by atoms with van der Waals surface area (Å²) in [6, 6.07) is 0. The number of nitrogens with zero attached hydrogens (tertiary/aromatic N) is 2. The molecule has 10 heavy (non-hydrogen) atoms. The lowest BCUT2D eigenvalue weighted by Crippen LogP contribution is -2.09. The van der Waals surface area contributed by atoms with E-state index in [1.54, 1.807) is 0 Å². The number of hydrogen-bond acceptors (Lipinski definition) is 2. The molecule has 0 aliphatic heterocycles. The Morgan fingerprint density at radius 3 is 2.60 bits per heavy atom. The van der Waals surface area contributed by atoms with Gasteiger partial charge in [0.25, 0.3) is 0 Å². The maximum Gasteiger partial charge on any atom is 0.0829 e. The molecule has 1 aromatic rings. The molecule has 3 heteroatoms. The first-order valence-electron chi connectivity index (χ1n) is 3.43. The maximum atomic E-state index is 3.90. The minimum Gasteiger partial charge on any atom is -0.265 e. The first kappa shape index (κ1) is 7.25. The molecular weight excluding hydrogens is 126 g/mol. The van der Waals surface area contributed by atoms with Crippen molar-refractivity contribution in [3.05, 3.63) is 11.9 Å². The Balaban J connectivity index is 2.57. The van der Waals surface area contributed by atoms with E-state index in [0.29, 0.717) is 5.41 Å². The molecule has 0 unspecified atom stereocenters. The second-order valence-corrected chi connectivity index (χ2v) is 3.70. The third-order valence-electron chi connectivity index (χ3n) is 1.18. The van der Waals surface area contributed by atoms with Gasteiger partial charge in [-0.15, -0.1) is 5.10 Å². The second-order valence-electron chi connectivity index (χ2n) is 3.70. The van der Waals surface area contributed by atoms with Crippen molar-refractivity contribution in [3.8, 4) is 0 Å². The van der Waals surface area contributed by atoms with Crippen LogP contribution in [-0.4, -0.2) is 15.4 Å². The number of nitrogens with one attached hydrogen (secondary N) is 1. The zero-order chi connectivity index (χ0) is 7.61. The highest BCUT2D eigenvalue weighted by Gasteiger charge is 2.12. The van der Waals surface area contributed by atoms with Gasteiger partial charge in [-0.1, -0.05) is 26.0 Å². The second kappa shape index (κ2) is 2.40. The molecule has 0 aliphatic carbocycles. The maximum absolute atomic E-state index is 3.90. The van der Waals surface area contributed by atoms with Crippen LogP contribution in [0.2, 0.25) is 0 Å². The zero-order valence-corrected chi connectivity index (χ0v) is 6.68. The summed E-state index contributed by atoms with van der Waals surface area (Å²) in [6.45, 7) is 6.55. The Kier molecular flexibility index (Phi) is 1.74. The third-order valence-corrected chi connectivity index (χ3v) is 1.18. The Morgan fingerprint density at radius 1 is 1.50 bits per heavy atom. The average molecular weight is 139 g/mol. The fraction of sp³-hybridized carbons (Fsp3) is 0.714. The average Bonchev–Trinajstić information content (AvgIpc) is 2.12. The molecule has 0 saturated heterocycles. The van der Waals surface area contributed by atoms with Crippen LogP contribution in [0.1, 0.15) is 26.5 Å². The van der Waals surface area contributed by atoms with Crippen LogP contribution in [0.25, 0.3) is 0 Å². The van der Waals surface area contributed by atoms with Crippen LogP contribution in [0.5, 0.6) is 0 Å². The number of hydrogen-bond donors (Lipinski definition) is 1. The quantitative estimate of drug-likeness (QED) is 0.638. The molecule has 0 amide bonds. The van der Waals surface area contributed by atoms with Gasteiger partial charge >= 0.3 is 0 Å². The molecular formula is C7H13N3. The summed E-state index contributed by atoms with van der Waals surface area (Å²) in [4.78, 5) is 0. The highest BCUT2D eigenvalue weighted by molar-refractivity contribution is 4.93. The van der Waals surface area contributed by atoms with Crippen molar-refractivity contribution in [2.75, 3.05) is 0 Å². The SMILES string of the molecule is CC(C)(C)Cc1c[nH]nn1. The Bertz CT molecular complexity index is 183. The summed E-state index contributed by atoms with van der Waals surface area (Å²) in [5.74, 6) is 0. The standard InChI is InChI=1S/C7H13N3/c1-7(2,3)4-6-5-8-10-9-6/h5H,4H2,1-3H3,(H,8,9,10). The molecule has 0 bridgehead atoms. The monoisotopic (exact) mass is 139 g/mol. The number of aromatic amines is 1. The van der Waals surface area contributed by atoms with Gasteiger partial charge in [0.2, 0.25) is 0 Å². The predicted octanol–water partition coefficient (Wildman–Crippen LogP) is 1.39. The zero-order valence-electron chi connectivity index (χ0n) is 6.68. The van der Waals surface area contributed by atoms with Crippen molar-refractivity contribution < 1.29 is 0 Å². The minimum absolute atomic E-state index is 0.302. The third kappa shape index (κ3) is 2.17. The van der Waals surface area contributed by atoms with Crippen LogP contribution < -0.4 is 0 Å². The van der Waals surface area contributed by atoms with Crippen molar-refractivity contribution in [3.63, 3.8) is 0 Å². The van der Waals surface area contributed by atoms with Crippen LogP contribution in [-0.2, 0) is 6.42 Å². The molecule has 0 atom stereocenters. The summed E-state index contributed by atoms with van der Waals surface area (Å²) in [6.07, 6.45) is 2.81. The van der Waals surface area contributed by atoms with E-state index >= 15 is 0 Å². The molecule has 1 rings (SSSR count). The highest BCUT2D eigenvalue weighted by atomic mass is 15.3. The van der Waals surface area contributed by atoms with Crippen LogP contribution in [0.3, 0.4) is 0 Å². The molecule has 1 heterocycles. The van der Waals surface area contributed by atoms with E-state index in [9.17, 15) is 0 Å². The lowest BCUT2D eigenvalue weighted by Gasteiger charge is -2.14. The number of rotatable bonds is 1. The summed E-state index contributed by atoms with van der Waals surface area (Å²) >= 11 is 0. The van der Waals surface area contributed by atoms with Gasteiger partial charge in [0, 0.05) is 6.20 Å². The molecule has 0 saturated carbocycles. The topological polar surface area (TPSA) is 41.6 Å². The largest absolute Gasteiger partial charge is 0.265 e. The highest BCUT2D eigenvalue weighted by Crippen LogP contribution is 2.17. The Morgan fingerprint density at radius 2 is 2.20 bits per heavy atom. The lowest BCUT2D eigenvalue weighted by atomic mass is 9.91. The summed E-state index contributed by atoms with van der Waals surface area (Å²) in [5, 5.41) is 10.2. The summed E-state index contributed by atoms with van der Waals surface area (Å²) < 4.78 is 0. The van der Waals surface area contributed by atoms with Gasteiger partial charge < -0.3 is 0 Å². The molecule has 1 aromatic heterocycles. The number of H-pyrrole nitrogens is 1. The predicted molar refractivity (Wildman–Crippen MR) is 39.5 cm³/mol. The lowest BCUT2D eigenvalue weighted by molar-refractivity contribution is 0.406. The van der Waals surface area contributed by atoms with Gasteiger partial charge in [-0.25, -0.2) is 0 Å². The van der Waals surface area contributed by atoms with Crippen molar-refractivity contribution in [1.82, 2.24) is 15.4 Å². The molecule has 1 N–H and O–H groups in total. The van der Waals surface area contributed by atoms with E-state index in [4.69, 9.17) is 0 Å². The summed E-state index contributed by atoms with van der Waals surface area (Å²) in [7, 11) is 0. The number of aromatic nitrogens is 3. The minimum atomic E-state index is 0.302. The van der Waals surface area contributed by atoms with Crippen molar-refractivity contribution in [2.24, 2.45) is 5.41 Å². The smallest absolute Gasteiger partial charge is 0.0829 e. The van der Waals surface area contributed by atoms with E-state index in [-0.39, 0.29) is 0 Å². The Labute approximate surface area is 60.8 Å². The normalized spacial score (nSPS) is 11.9. The summed E-state index contributed by atoms with van der Waals surface area (Å²) in [5.41, 5.74) is 1.34. The molecule has 0 fully saturated rings. The van der Waals surface area contributed by atoms with Gasteiger partial charge in [0.1, 0.15) is 0 Å². The van der Waals surface area contributed by atoms with Crippen molar-refractivity contribution in [2.45, 2.75) is 27.2 Å². The van der Waals surface area contributed by atoms with Crippen LogP contribution in [0.4, 0.5) is 0 Å². The van der Waals surface area contributed by atoms with E-state index in [1.165, 1.54) is 0 Å². The van der Waals surface area contributed by atoms with Crippen LogP contribution >= 0.6 is 0 Å². The molecule has 0 radical (unpaired) electrons. The Hall–Kier alpha value is -0.860. The van der Waals surface area contributed by atoms with Crippen molar-refractivity contribution in [1.29, 1.82) is 0 Å². The fourth-order valence-electron chi connectivity index (χ4n) is 0.855. The van der Waals surface area contributed by atoms with Crippen molar-refractivity contribution >= 4 is 0 Å². The molecule has 0 aromatic carbocycles. The molecule has 3 nitrogen and oxygen atoms in total. The fourth-order valence-corrected chi connectivity index (χ4v) is 0.855. The molecule has 56 valence electrons. The van der Waals surface area contributed by atoms with Gasteiger partial charge in [0.05, 0.1) is 5.69 Å². The molecule has 0 spiro atoms. The molecule has 0 aliphatic rings. The van der Waals surface area contributed by atoms with E-state index in [1.807, 2.05) is 6.20 Å². The van der Waals surface area contributed by atoms with Gasteiger partial charge in [-0.3, -0.25) is 5.10 Å². The van der Waals surface area contributed by atoms with E-state index in [2.05, 4.69) is 36.2 Å². The first-order chi connectivity index (χ1) is 4.58. The van der Waals surface area contributed by atoms with Gasteiger partial charge in [0.15, 0.2) is 0 Å².